The van der Waals surface area contributed by atoms with Crippen molar-refractivity contribution in [3.63, 3.8) is 0 Å². The van der Waals surface area contributed by atoms with Gasteiger partial charge in [0.05, 0.1) is 23.7 Å². The van der Waals surface area contributed by atoms with Gasteiger partial charge in [-0.15, -0.1) is 0 Å². The number of rotatable bonds is 7. The highest BCUT2D eigenvalue weighted by Gasteiger charge is 2.31. The number of hydrogen-bond donors (Lipinski definition) is 1. The number of nitriles is 1. The highest BCUT2D eigenvalue weighted by molar-refractivity contribution is 5.85. The van der Waals surface area contributed by atoms with Gasteiger partial charge in [-0.1, -0.05) is 38.8 Å². The molecule has 0 aliphatic carbocycles. The maximum Gasteiger partial charge on any atom is 0.329 e. The fourth-order valence-corrected chi connectivity index (χ4v) is 3.59. The van der Waals surface area contributed by atoms with E-state index in [0.29, 0.717) is 29.6 Å². The van der Waals surface area contributed by atoms with Gasteiger partial charge in [0.1, 0.15) is 5.69 Å². The average molecular weight is 396 g/mol. The number of nitrogens with zero attached hydrogens (tertiary/aromatic N) is 4. The van der Waals surface area contributed by atoms with Crippen LogP contribution in [-0.4, -0.2) is 48.2 Å². The molecule has 154 valence electrons. The Labute approximate surface area is 172 Å². The van der Waals surface area contributed by atoms with Crippen LogP contribution in [0.3, 0.4) is 0 Å². The zero-order valence-corrected chi connectivity index (χ0v) is 17.4. The molecule has 2 atom stereocenters. The van der Waals surface area contributed by atoms with E-state index in [-0.39, 0.29) is 6.04 Å². The van der Waals surface area contributed by atoms with Crippen molar-refractivity contribution in [1.82, 2.24) is 15.3 Å². The molecule has 0 amide bonds. The maximum absolute atomic E-state index is 12.8. The number of ether oxygens (including phenoxy) is 1. The van der Waals surface area contributed by atoms with E-state index >= 15 is 0 Å². The average Bonchev–Trinajstić information content (AvgIpc) is 2.74. The second-order valence-corrected chi connectivity index (χ2v) is 7.60. The van der Waals surface area contributed by atoms with Crippen LogP contribution >= 0.6 is 0 Å². The molecule has 0 spiro atoms. The third-order valence-corrected chi connectivity index (χ3v) is 5.50. The normalized spacial score (nSPS) is 17.9. The SMILES string of the molecule is CCC(CC)COC(=O)C(C#N)c1nc2ccccc2nc1N1CCN[C@H](C)C1. The number of carbonyl (C=O) groups excluding carboxylic acids is 1. The van der Waals surface area contributed by atoms with Crippen molar-refractivity contribution in [1.29, 1.82) is 5.26 Å². The van der Waals surface area contributed by atoms with Crippen molar-refractivity contribution in [2.45, 2.75) is 45.6 Å². The zero-order valence-electron chi connectivity index (χ0n) is 17.4. The minimum Gasteiger partial charge on any atom is -0.464 e. The Bertz CT molecular complexity index is 890. The molecule has 1 aromatic heterocycles. The summed E-state index contributed by atoms with van der Waals surface area (Å²) < 4.78 is 5.51. The molecular formula is C22H29N5O2. The van der Waals surface area contributed by atoms with E-state index in [0.717, 1.165) is 38.0 Å². The van der Waals surface area contributed by atoms with Crippen molar-refractivity contribution < 1.29 is 9.53 Å². The standard InChI is InChI=1S/C22H29N5O2/c1-4-16(5-2)14-29-22(28)17(12-23)20-21(27-11-10-24-15(3)13-27)26-19-9-7-6-8-18(19)25-20/h6-9,15-17,24H,4-5,10-11,13-14H2,1-3H3/t15-,17?/m1/s1. The molecule has 1 N–H and O–H groups in total. The number of benzene rings is 1. The van der Waals surface area contributed by atoms with Crippen LogP contribution in [0.4, 0.5) is 5.82 Å². The van der Waals surface area contributed by atoms with Crippen molar-refractivity contribution in [2.24, 2.45) is 5.92 Å². The van der Waals surface area contributed by atoms with Crippen molar-refractivity contribution in [2.75, 3.05) is 31.1 Å². The van der Waals surface area contributed by atoms with Gasteiger partial charge in [0.15, 0.2) is 11.7 Å². The Morgan fingerprint density at radius 2 is 2.00 bits per heavy atom. The number of anilines is 1. The zero-order chi connectivity index (χ0) is 20.8. The molecule has 1 aromatic carbocycles. The van der Waals surface area contributed by atoms with Crippen molar-refractivity contribution in [3.05, 3.63) is 30.0 Å². The van der Waals surface area contributed by atoms with Crippen molar-refractivity contribution >= 4 is 22.8 Å². The number of esters is 1. The van der Waals surface area contributed by atoms with Gasteiger partial charge in [-0.2, -0.15) is 5.26 Å². The molecule has 7 heteroatoms. The minimum absolute atomic E-state index is 0.284. The molecule has 1 saturated heterocycles. The highest BCUT2D eigenvalue weighted by atomic mass is 16.5. The predicted molar refractivity (Wildman–Crippen MR) is 113 cm³/mol. The summed E-state index contributed by atoms with van der Waals surface area (Å²) in [4.78, 5) is 24.4. The molecule has 1 fully saturated rings. The number of aromatic nitrogens is 2. The van der Waals surface area contributed by atoms with Crippen LogP contribution in [0.1, 0.15) is 45.2 Å². The number of nitrogens with one attached hydrogen (secondary N) is 1. The Balaban J connectivity index is 1.97. The van der Waals surface area contributed by atoms with E-state index in [1.807, 2.05) is 24.3 Å². The first kappa shape index (κ1) is 21.0. The quantitative estimate of drug-likeness (QED) is 0.721. The highest BCUT2D eigenvalue weighted by Crippen LogP contribution is 2.29. The van der Waals surface area contributed by atoms with Crippen LogP contribution in [0.2, 0.25) is 0 Å². The largest absolute Gasteiger partial charge is 0.464 e. The van der Waals surface area contributed by atoms with E-state index in [2.05, 4.69) is 42.0 Å². The predicted octanol–water partition coefficient (Wildman–Crippen LogP) is 3.01. The van der Waals surface area contributed by atoms with Gasteiger partial charge in [-0.3, -0.25) is 4.79 Å². The van der Waals surface area contributed by atoms with Gasteiger partial charge in [-0.05, 0) is 25.0 Å². The van der Waals surface area contributed by atoms with E-state index in [4.69, 9.17) is 9.72 Å². The van der Waals surface area contributed by atoms with Gasteiger partial charge >= 0.3 is 5.97 Å². The van der Waals surface area contributed by atoms with E-state index in [1.165, 1.54) is 0 Å². The number of para-hydroxylation sites is 2. The molecule has 2 aromatic rings. The first-order chi connectivity index (χ1) is 14.1. The number of hydrogen-bond acceptors (Lipinski definition) is 7. The Hall–Kier alpha value is -2.72. The lowest BCUT2D eigenvalue weighted by Gasteiger charge is -2.34. The van der Waals surface area contributed by atoms with E-state index in [1.54, 1.807) is 0 Å². The second-order valence-electron chi connectivity index (χ2n) is 7.60. The summed E-state index contributed by atoms with van der Waals surface area (Å²) in [6.45, 7) is 8.86. The molecule has 7 nitrogen and oxygen atoms in total. The molecule has 0 bridgehead atoms. The van der Waals surface area contributed by atoms with Crippen LogP contribution in [-0.2, 0) is 9.53 Å². The van der Waals surface area contributed by atoms with Crippen molar-refractivity contribution in [3.8, 4) is 6.07 Å². The lowest BCUT2D eigenvalue weighted by molar-refractivity contribution is -0.145. The smallest absolute Gasteiger partial charge is 0.329 e. The van der Waals surface area contributed by atoms with Gasteiger partial charge in [0, 0.05) is 25.7 Å². The summed E-state index contributed by atoms with van der Waals surface area (Å²) in [5.74, 6) is -0.743. The Morgan fingerprint density at radius 1 is 1.31 bits per heavy atom. The summed E-state index contributed by atoms with van der Waals surface area (Å²) in [7, 11) is 0. The summed E-state index contributed by atoms with van der Waals surface area (Å²) in [5, 5.41) is 13.2. The number of carbonyl (C=O) groups is 1. The maximum atomic E-state index is 12.8. The monoisotopic (exact) mass is 395 g/mol. The first-order valence-corrected chi connectivity index (χ1v) is 10.4. The van der Waals surface area contributed by atoms with Crippen LogP contribution in [0, 0.1) is 17.2 Å². The molecule has 1 aliphatic rings. The summed E-state index contributed by atoms with van der Waals surface area (Å²) in [5.41, 5.74) is 1.80. The van der Waals surface area contributed by atoms with Crippen LogP contribution < -0.4 is 10.2 Å². The minimum atomic E-state index is -1.10. The molecule has 1 aliphatic heterocycles. The van der Waals surface area contributed by atoms with Gasteiger partial charge in [0.2, 0.25) is 0 Å². The Morgan fingerprint density at radius 3 is 2.62 bits per heavy atom. The number of piperazine rings is 1. The van der Waals surface area contributed by atoms with Gasteiger partial charge in [-0.25, -0.2) is 9.97 Å². The topological polar surface area (TPSA) is 91.1 Å². The Kier molecular flexibility index (Phi) is 6.99. The summed E-state index contributed by atoms with van der Waals surface area (Å²) in [6, 6.07) is 9.93. The molecule has 1 unspecified atom stereocenters. The van der Waals surface area contributed by atoms with Gasteiger partial charge < -0.3 is 15.0 Å². The number of fused-ring (bicyclic) bond motifs is 1. The summed E-state index contributed by atoms with van der Waals surface area (Å²) >= 11 is 0. The lowest BCUT2D eigenvalue weighted by atomic mass is 10.0. The first-order valence-electron chi connectivity index (χ1n) is 10.4. The third-order valence-electron chi connectivity index (χ3n) is 5.50. The third kappa shape index (κ3) is 4.83. The molecule has 0 saturated carbocycles. The fraction of sp³-hybridized carbons (Fsp3) is 0.545. The molecule has 3 rings (SSSR count). The second kappa shape index (κ2) is 9.66. The van der Waals surface area contributed by atoms with E-state index in [9.17, 15) is 10.1 Å². The van der Waals surface area contributed by atoms with Crippen LogP contribution in [0.15, 0.2) is 24.3 Å². The van der Waals surface area contributed by atoms with E-state index < -0.39 is 11.9 Å². The fourth-order valence-electron chi connectivity index (χ4n) is 3.59. The molecule has 29 heavy (non-hydrogen) atoms. The van der Waals surface area contributed by atoms with Crippen LogP contribution in [0.25, 0.3) is 11.0 Å². The van der Waals surface area contributed by atoms with Gasteiger partial charge in [0.25, 0.3) is 0 Å². The lowest BCUT2D eigenvalue weighted by Crippen LogP contribution is -2.50. The molecular weight excluding hydrogens is 366 g/mol. The summed E-state index contributed by atoms with van der Waals surface area (Å²) in [6.07, 6.45) is 1.86. The molecule has 0 radical (unpaired) electrons. The molecule has 2 heterocycles. The van der Waals surface area contributed by atoms with Crippen LogP contribution in [0.5, 0.6) is 0 Å².